The van der Waals surface area contributed by atoms with Crippen molar-refractivity contribution >= 4 is 28.8 Å². The summed E-state index contributed by atoms with van der Waals surface area (Å²) in [5.41, 5.74) is 1.35. The van der Waals surface area contributed by atoms with E-state index in [1.807, 2.05) is 32.0 Å². The summed E-state index contributed by atoms with van der Waals surface area (Å²) in [4.78, 5) is 24.1. The predicted octanol–water partition coefficient (Wildman–Crippen LogP) is 4.67. The van der Waals surface area contributed by atoms with Crippen LogP contribution in [0.2, 0.25) is 0 Å². The molecule has 29 heavy (non-hydrogen) atoms. The van der Waals surface area contributed by atoms with E-state index in [9.17, 15) is 9.59 Å². The van der Waals surface area contributed by atoms with Crippen molar-refractivity contribution in [2.75, 3.05) is 13.7 Å². The van der Waals surface area contributed by atoms with E-state index in [4.69, 9.17) is 18.6 Å². The molecule has 150 valence electrons. The second kappa shape index (κ2) is 9.10. The Hall–Kier alpha value is -3.54. The lowest BCUT2D eigenvalue weighted by Gasteiger charge is -2.13. The Labute approximate surface area is 168 Å². The number of furan rings is 1. The molecule has 0 fully saturated rings. The number of ketones is 1. The van der Waals surface area contributed by atoms with E-state index in [0.717, 1.165) is 10.9 Å². The summed E-state index contributed by atoms with van der Waals surface area (Å²) in [6.45, 7) is 3.46. The number of fused-ring (bicyclic) bond motifs is 1. The monoisotopic (exact) mass is 394 g/mol. The molecule has 0 aliphatic carbocycles. The number of rotatable bonds is 8. The normalized spacial score (nSPS) is 11.2. The second-order valence-electron chi connectivity index (χ2n) is 6.59. The summed E-state index contributed by atoms with van der Waals surface area (Å²) >= 11 is 0. The Morgan fingerprint density at radius 1 is 1.07 bits per heavy atom. The number of para-hydroxylation sites is 1. The van der Waals surface area contributed by atoms with Crippen molar-refractivity contribution in [3.8, 4) is 11.5 Å². The minimum Gasteiger partial charge on any atom is -0.493 e. The van der Waals surface area contributed by atoms with Crippen LogP contribution in [0.3, 0.4) is 0 Å². The highest BCUT2D eigenvalue weighted by Gasteiger charge is 2.14. The molecule has 3 rings (SSSR count). The summed E-state index contributed by atoms with van der Waals surface area (Å²) < 4.78 is 21.5. The van der Waals surface area contributed by atoms with Gasteiger partial charge in [-0.05, 0) is 49.8 Å². The first-order chi connectivity index (χ1) is 14.0. The largest absolute Gasteiger partial charge is 0.493 e. The Balaban J connectivity index is 1.58. The van der Waals surface area contributed by atoms with Gasteiger partial charge in [-0.3, -0.25) is 4.79 Å². The average molecular weight is 394 g/mol. The van der Waals surface area contributed by atoms with Crippen molar-refractivity contribution < 1.29 is 28.2 Å². The standard InChI is InChI=1S/C23H22O6/c1-15(2)28-20-10-8-16(12-22(20)26-3)9-11-23(25)27-14-18(24)21-13-17-6-4-5-7-19(17)29-21/h4-13,15H,14H2,1-3H3/b11-9+. The number of esters is 1. The molecule has 0 aliphatic rings. The van der Waals surface area contributed by atoms with Crippen LogP contribution >= 0.6 is 0 Å². The molecule has 0 saturated heterocycles. The average Bonchev–Trinajstić information content (AvgIpc) is 3.15. The molecule has 0 radical (unpaired) electrons. The first-order valence-electron chi connectivity index (χ1n) is 9.17. The molecule has 6 nitrogen and oxygen atoms in total. The SMILES string of the molecule is COc1cc(/C=C/C(=O)OCC(=O)c2cc3ccccc3o2)ccc1OC(C)C. The van der Waals surface area contributed by atoms with Crippen LogP contribution in [0.5, 0.6) is 11.5 Å². The molecule has 6 heteroatoms. The number of carbonyl (C=O) groups excluding carboxylic acids is 2. The van der Waals surface area contributed by atoms with E-state index in [0.29, 0.717) is 17.1 Å². The summed E-state index contributed by atoms with van der Waals surface area (Å²) in [5.74, 6) is 0.317. The lowest BCUT2D eigenvalue weighted by molar-refractivity contribution is -0.136. The highest BCUT2D eigenvalue weighted by atomic mass is 16.5. The highest BCUT2D eigenvalue weighted by molar-refractivity contribution is 5.99. The Bertz CT molecular complexity index is 1010. The van der Waals surface area contributed by atoms with E-state index in [1.54, 1.807) is 43.5 Å². The number of carbonyl (C=O) groups is 2. The van der Waals surface area contributed by atoms with Gasteiger partial charge in [-0.15, -0.1) is 0 Å². The van der Waals surface area contributed by atoms with Gasteiger partial charge in [-0.1, -0.05) is 24.3 Å². The van der Waals surface area contributed by atoms with E-state index in [-0.39, 0.29) is 11.9 Å². The van der Waals surface area contributed by atoms with Crippen LogP contribution in [-0.4, -0.2) is 31.6 Å². The lowest BCUT2D eigenvalue weighted by Crippen LogP contribution is -2.11. The van der Waals surface area contributed by atoms with Crippen LogP contribution in [0.4, 0.5) is 0 Å². The molecule has 0 spiro atoms. The first kappa shape index (κ1) is 20.2. The van der Waals surface area contributed by atoms with Crippen LogP contribution in [0.1, 0.15) is 30.0 Å². The van der Waals surface area contributed by atoms with Gasteiger partial charge in [0.05, 0.1) is 13.2 Å². The molecule has 0 amide bonds. The van der Waals surface area contributed by atoms with Crippen LogP contribution in [0.15, 0.2) is 59.0 Å². The van der Waals surface area contributed by atoms with Crippen molar-refractivity contribution in [1.82, 2.24) is 0 Å². The van der Waals surface area contributed by atoms with Crippen molar-refractivity contribution in [1.29, 1.82) is 0 Å². The zero-order chi connectivity index (χ0) is 20.8. The molecule has 1 aromatic heterocycles. The Morgan fingerprint density at radius 3 is 2.59 bits per heavy atom. The van der Waals surface area contributed by atoms with Gasteiger partial charge in [0.25, 0.3) is 0 Å². The smallest absolute Gasteiger partial charge is 0.331 e. The van der Waals surface area contributed by atoms with Gasteiger partial charge >= 0.3 is 5.97 Å². The minimum atomic E-state index is -0.629. The lowest BCUT2D eigenvalue weighted by atomic mass is 10.2. The quantitative estimate of drug-likeness (QED) is 0.314. The fraction of sp³-hybridized carbons (Fsp3) is 0.217. The third-order valence-corrected chi connectivity index (χ3v) is 4.01. The summed E-state index contributed by atoms with van der Waals surface area (Å²) in [6, 6.07) is 14.2. The zero-order valence-electron chi connectivity index (χ0n) is 16.5. The molecular formula is C23H22O6. The van der Waals surface area contributed by atoms with Crippen molar-refractivity contribution in [2.45, 2.75) is 20.0 Å². The Morgan fingerprint density at radius 2 is 1.86 bits per heavy atom. The summed E-state index contributed by atoms with van der Waals surface area (Å²) in [6.07, 6.45) is 2.85. The third kappa shape index (κ3) is 5.25. The summed E-state index contributed by atoms with van der Waals surface area (Å²) in [7, 11) is 1.55. The van der Waals surface area contributed by atoms with Crippen LogP contribution in [-0.2, 0) is 9.53 Å². The molecule has 0 unspecified atom stereocenters. The van der Waals surface area contributed by atoms with Gasteiger partial charge < -0.3 is 18.6 Å². The molecule has 0 N–H and O–H groups in total. The molecule has 0 atom stereocenters. The van der Waals surface area contributed by atoms with Crippen molar-refractivity contribution in [3.05, 3.63) is 65.9 Å². The van der Waals surface area contributed by atoms with Crippen LogP contribution < -0.4 is 9.47 Å². The maximum atomic E-state index is 12.2. The van der Waals surface area contributed by atoms with Gasteiger partial charge in [0, 0.05) is 11.5 Å². The first-order valence-corrected chi connectivity index (χ1v) is 9.17. The van der Waals surface area contributed by atoms with E-state index >= 15 is 0 Å². The molecule has 0 aliphatic heterocycles. The Kier molecular flexibility index (Phi) is 6.34. The van der Waals surface area contributed by atoms with Gasteiger partial charge in [-0.2, -0.15) is 0 Å². The van der Waals surface area contributed by atoms with E-state index in [2.05, 4.69) is 0 Å². The number of methoxy groups -OCH3 is 1. The van der Waals surface area contributed by atoms with E-state index in [1.165, 1.54) is 6.08 Å². The fourth-order valence-electron chi connectivity index (χ4n) is 2.68. The zero-order valence-corrected chi connectivity index (χ0v) is 16.5. The van der Waals surface area contributed by atoms with Crippen molar-refractivity contribution in [3.63, 3.8) is 0 Å². The van der Waals surface area contributed by atoms with Crippen LogP contribution in [0, 0.1) is 0 Å². The highest BCUT2D eigenvalue weighted by Crippen LogP contribution is 2.29. The number of ether oxygens (including phenoxy) is 3. The van der Waals surface area contributed by atoms with E-state index < -0.39 is 18.4 Å². The van der Waals surface area contributed by atoms with Gasteiger partial charge in [-0.25, -0.2) is 4.79 Å². The second-order valence-corrected chi connectivity index (χ2v) is 6.59. The molecule has 3 aromatic rings. The molecule has 0 bridgehead atoms. The number of hydrogen-bond donors (Lipinski definition) is 0. The molecule has 0 saturated carbocycles. The molecule has 1 heterocycles. The van der Waals surface area contributed by atoms with Crippen molar-refractivity contribution in [2.24, 2.45) is 0 Å². The fourth-order valence-corrected chi connectivity index (χ4v) is 2.68. The van der Waals surface area contributed by atoms with Gasteiger partial charge in [0.2, 0.25) is 5.78 Å². The number of hydrogen-bond acceptors (Lipinski definition) is 6. The number of Topliss-reactive ketones (excluding diaryl/α,β-unsaturated/α-hetero) is 1. The predicted molar refractivity (Wildman–Crippen MR) is 109 cm³/mol. The maximum absolute atomic E-state index is 12.2. The maximum Gasteiger partial charge on any atom is 0.331 e. The summed E-state index contributed by atoms with van der Waals surface area (Å²) in [5, 5.41) is 0.820. The molecule has 2 aromatic carbocycles. The number of benzene rings is 2. The third-order valence-electron chi connectivity index (χ3n) is 4.01. The molecular weight excluding hydrogens is 372 g/mol. The van der Waals surface area contributed by atoms with Gasteiger partial charge in [0.1, 0.15) is 5.58 Å². The minimum absolute atomic E-state index is 0.0181. The van der Waals surface area contributed by atoms with Crippen LogP contribution in [0.25, 0.3) is 17.0 Å². The van der Waals surface area contributed by atoms with Gasteiger partial charge in [0.15, 0.2) is 23.9 Å². The topological polar surface area (TPSA) is 75.0 Å².